The van der Waals surface area contributed by atoms with Crippen LogP contribution in [0.25, 0.3) is 0 Å². The summed E-state index contributed by atoms with van der Waals surface area (Å²) >= 11 is 1.47. The minimum absolute atomic E-state index is 0.0900. The normalized spacial score (nSPS) is 14.1. The molecule has 1 aliphatic carbocycles. The number of nitrogens with zero attached hydrogens (tertiary/aromatic N) is 4. The highest BCUT2D eigenvalue weighted by atomic mass is 32.2. The van der Waals surface area contributed by atoms with Gasteiger partial charge in [0.15, 0.2) is 5.16 Å². The Kier molecular flexibility index (Phi) is 4.47. The topological polar surface area (TPSA) is 51.0 Å². The fourth-order valence-electron chi connectivity index (χ4n) is 2.22. The Balaban J connectivity index is 1.79. The van der Waals surface area contributed by atoms with Crippen LogP contribution in [-0.4, -0.2) is 45.4 Å². The smallest absolute Gasteiger partial charge is 0.232 e. The molecule has 0 aliphatic heterocycles. The van der Waals surface area contributed by atoms with Crippen LogP contribution in [0.3, 0.4) is 0 Å². The van der Waals surface area contributed by atoms with E-state index in [0.717, 1.165) is 17.5 Å². The van der Waals surface area contributed by atoms with Gasteiger partial charge in [-0.2, -0.15) is 0 Å². The van der Waals surface area contributed by atoms with E-state index in [9.17, 15) is 4.79 Å². The molecule has 1 aromatic heterocycles. The summed E-state index contributed by atoms with van der Waals surface area (Å²) in [6.45, 7) is 0.762. The van der Waals surface area contributed by atoms with Crippen molar-refractivity contribution in [3.05, 3.63) is 41.7 Å². The summed E-state index contributed by atoms with van der Waals surface area (Å²) < 4.78 is 2.17. The molecule has 1 aliphatic rings. The third-order valence-corrected chi connectivity index (χ3v) is 4.65. The van der Waals surface area contributed by atoms with Gasteiger partial charge >= 0.3 is 0 Å². The third-order valence-electron chi connectivity index (χ3n) is 3.70. The van der Waals surface area contributed by atoms with Crippen LogP contribution in [-0.2, 0) is 11.3 Å². The summed E-state index contributed by atoms with van der Waals surface area (Å²) in [5.74, 6) is 2.08. The minimum atomic E-state index is 0.0900. The summed E-state index contributed by atoms with van der Waals surface area (Å²) in [7, 11) is 3.54. The van der Waals surface area contributed by atoms with Crippen molar-refractivity contribution < 1.29 is 4.79 Å². The molecule has 6 heteroatoms. The predicted octanol–water partition coefficient (Wildman–Crippen LogP) is 2.38. The second-order valence-corrected chi connectivity index (χ2v) is 6.71. The van der Waals surface area contributed by atoms with E-state index in [1.54, 1.807) is 19.0 Å². The minimum Gasteiger partial charge on any atom is -0.348 e. The van der Waals surface area contributed by atoms with Crippen LogP contribution in [0.2, 0.25) is 0 Å². The van der Waals surface area contributed by atoms with Crippen molar-refractivity contribution in [2.45, 2.75) is 30.5 Å². The first kappa shape index (κ1) is 15.1. The largest absolute Gasteiger partial charge is 0.348 e. The van der Waals surface area contributed by atoms with Crippen LogP contribution in [0.15, 0.2) is 35.5 Å². The van der Waals surface area contributed by atoms with Gasteiger partial charge in [-0.1, -0.05) is 42.1 Å². The summed E-state index contributed by atoms with van der Waals surface area (Å²) in [5.41, 5.74) is 1.23. The molecule has 116 valence electrons. The summed E-state index contributed by atoms with van der Waals surface area (Å²) in [6.07, 6.45) is 2.38. The standard InChI is InChI=1S/C16H20N4OS/c1-19(2)14(21)11-22-16-18-17-15(13-8-9-13)20(16)10-12-6-4-3-5-7-12/h3-7,13H,8-11H2,1-2H3. The molecule has 0 radical (unpaired) electrons. The fraction of sp³-hybridized carbons (Fsp3) is 0.438. The molecule has 0 unspecified atom stereocenters. The van der Waals surface area contributed by atoms with Crippen molar-refractivity contribution >= 4 is 17.7 Å². The fourth-order valence-corrected chi connectivity index (χ4v) is 3.14. The number of carbonyl (C=O) groups is 1. The zero-order valence-electron chi connectivity index (χ0n) is 12.9. The van der Waals surface area contributed by atoms with Crippen LogP contribution in [0.4, 0.5) is 0 Å². The molecule has 3 rings (SSSR count). The van der Waals surface area contributed by atoms with E-state index in [-0.39, 0.29) is 5.91 Å². The number of hydrogen-bond acceptors (Lipinski definition) is 4. The number of thioether (sulfide) groups is 1. The van der Waals surface area contributed by atoms with Crippen molar-refractivity contribution in [1.29, 1.82) is 0 Å². The van der Waals surface area contributed by atoms with Gasteiger partial charge < -0.3 is 9.47 Å². The lowest BCUT2D eigenvalue weighted by molar-refractivity contribution is -0.125. The van der Waals surface area contributed by atoms with Crippen molar-refractivity contribution in [3.63, 3.8) is 0 Å². The Labute approximate surface area is 134 Å². The Hall–Kier alpha value is -1.82. The van der Waals surface area contributed by atoms with Gasteiger partial charge in [0.05, 0.1) is 12.3 Å². The third kappa shape index (κ3) is 3.50. The monoisotopic (exact) mass is 316 g/mol. The van der Waals surface area contributed by atoms with Gasteiger partial charge in [-0.25, -0.2) is 0 Å². The number of amides is 1. The molecular formula is C16H20N4OS. The average molecular weight is 316 g/mol. The van der Waals surface area contributed by atoms with E-state index >= 15 is 0 Å². The average Bonchev–Trinajstić information content (AvgIpc) is 3.29. The van der Waals surface area contributed by atoms with Gasteiger partial charge in [-0.3, -0.25) is 4.79 Å². The first-order chi connectivity index (χ1) is 10.6. The summed E-state index contributed by atoms with van der Waals surface area (Å²) in [4.78, 5) is 13.4. The van der Waals surface area contributed by atoms with Crippen molar-refractivity contribution in [3.8, 4) is 0 Å². The molecule has 0 atom stereocenters. The van der Waals surface area contributed by atoms with Crippen LogP contribution in [0.1, 0.15) is 30.1 Å². The predicted molar refractivity (Wildman–Crippen MR) is 87.0 cm³/mol. The number of aromatic nitrogens is 3. The van der Waals surface area contributed by atoms with Crippen molar-refractivity contribution in [1.82, 2.24) is 19.7 Å². The first-order valence-electron chi connectivity index (χ1n) is 7.45. The molecule has 0 saturated heterocycles. The summed E-state index contributed by atoms with van der Waals surface area (Å²) in [5, 5.41) is 9.51. The van der Waals surface area contributed by atoms with Crippen LogP contribution in [0, 0.1) is 0 Å². The highest BCUT2D eigenvalue weighted by Gasteiger charge is 2.30. The second kappa shape index (κ2) is 6.52. The van der Waals surface area contributed by atoms with Gasteiger partial charge in [-0.15, -0.1) is 10.2 Å². The number of benzene rings is 1. The highest BCUT2D eigenvalue weighted by molar-refractivity contribution is 7.99. The van der Waals surface area contributed by atoms with Crippen LogP contribution >= 0.6 is 11.8 Å². The molecular weight excluding hydrogens is 296 g/mol. The number of rotatable bonds is 6. The van der Waals surface area contributed by atoms with Gasteiger partial charge in [-0.05, 0) is 18.4 Å². The van der Waals surface area contributed by atoms with Crippen molar-refractivity contribution in [2.75, 3.05) is 19.8 Å². The maximum Gasteiger partial charge on any atom is 0.232 e. The summed E-state index contributed by atoms with van der Waals surface area (Å²) in [6, 6.07) is 10.3. The van der Waals surface area contributed by atoms with Gasteiger partial charge in [0.1, 0.15) is 5.82 Å². The number of carbonyl (C=O) groups excluding carboxylic acids is 1. The molecule has 1 saturated carbocycles. The van der Waals surface area contributed by atoms with E-state index < -0.39 is 0 Å². The van der Waals surface area contributed by atoms with Crippen molar-refractivity contribution in [2.24, 2.45) is 0 Å². The Morgan fingerprint density at radius 3 is 2.64 bits per heavy atom. The quantitative estimate of drug-likeness (QED) is 0.768. The Bertz CT molecular complexity index is 649. The second-order valence-electron chi connectivity index (χ2n) is 5.76. The highest BCUT2D eigenvalue weighted by Crippen LogP contribution is 2.40. The van der Waals surface area contributed by atoms with Gasteiger partial charge in [0, 0.05) is 20.0 Å². The van der Waals surface area contributed by atoms with E-state index in [2.05, 4.69) is 26.9 Å². The molecule has 5 nitrogen and oxygen atoms in total. The maximum absolute atomic E-state index is 11.8. The Morgan fingerprint density at radius 2 is 2.00 bits per heavy atom. The molecule has 0 N–H and O–H groups in total. The lowest BCUT2D eigenvalue weighted by Gasteiger charge is -2.11. The SMILES string of the molecule is CN(C)C(=O)CSc1nnc(C2CC2)n1Cc1ccccc1. The van der Waals surface area contributed by atoms with Crippen LogP contribution < -0.4 is 0 Å². The van der Waals surface area contributed by atoms with E-state index in [0.29, 0.717) is 11.7 Å². The number of hydrogen-bond donors (Lipinski definition) is 0. The molecule has 0 spiro atoms. The zero-order chi connectivity index (χ0) is 15.5. The Morgan fingerprint density at radius 1 is 1.27 bits per heavy atom. The molecule has 1 amide bonds. The molecule has 0 bridgehead atoms. The zero-order valence-corrected chi connectivity index (χ0v) is 13.7. The van der Waals surface area contributed by atoms with Crippen LogP contribution in [0.5, 0.6) is 0 Å². The molecule has 2 aromatic rings. The molecule has 1 aromatic carbocycles. The lowest BCUT2D eigenvalue weighted by Crippen LogP contribution is -2.23. The maximum atomic E-state index is 11.8. The van der Waals surface area contributed by atoms with E-state index in [4.69, 9.17) is 0 Å². The molecule has 22 heavy (non-hydrogen) atoms. The molecule has 1 heterocycles. The lowest BCUT2D eigenvalue weighted by atomic mass is 10.2. The molecule has 1 fully saturated rings. The van der Waals surface area contributed by atoms with E-state index in [1.165, 1.54) is 30.2 Å². The van der Waals surface area contributed by atoms with E-state index in [1.807, 2.05) is 18.2 Å². The van der Waals surface area contributed by atoms with Gasteiger partial charge in [0.2, 0.25) is 5.91 Å². The first-order valence-corrected chi connectivity index (χ1v) is 8.43. The van der Waals surface area contributed by atoms with Gasteiger partial charge in [0.25, 0.3) is 0 Å².